The lowest BCUT2D eigenvalue weighted by atomic mass is 10.1. The lowest BCUT2D eigenvalue weighted by molar-refractivity contribution is -0.119. The number of likely N-dealkylation sites (tertiary alicyclic amines) is 1. The molecule has 0 unspecified atom stereocenters. The van der Waals surface area contributed by atoms with Gasteiger partial charge in [0.25, 0.3) is 0 Å². The maximum absolute atomic E-state index is 12.7. The number of hydrogen-bond donors (Lipinski definition) is 2. The Kier molecular flexibility index (Phi) is 7.08. The van der Waals surface area contributed by atoms with E-state index in [2.05, 4.69) is 10.6 Å². The first-order chi connectivity index (χ1) is 14.1. The summed E-state index contributed by atoms with van der Waals surface area (Å²) >= 11 is 0. The number of rotatable bonds is 7. The van der Waals surface area contributed by atoms with E-state index in [0.717, 1.165) is 23.3 Å². The number of nitrogens with one attached hydrogen (secondary N) is 2. The largest absolute Gasteiger partial charge is 0.497 e. The molecule has 1 saturated heterocycles. The van der Waals surface area contributed by atoms with Gasteiger partial charge in [-0.05, 0) is 48.2 Å². The predicted octanol–water partition coefficient (Wildman–Crippen LogP) is 3.12. The average Bonchev–Trinajstić information content (AvgIpc) is 3.25. The molecule has 1 aliphatic heterocycles. The third kappa shape index (κ3) is 5.26. The highest BCUT2D eigenvalue weighted by Gasteiger charge is 2.34. The normalized spacial score (nSPS) is 15.8. The SMILES string of the molecule is COCCNC(=O)N1CCC[C@H]1C(=O)Nc1ccc(-c2cccc(OC)c2)cc1. The number of urea groups is 1. The molecule has 3 rings (SSSR count). The zero-order chi connectivity index (χ0) is 20.6. The number of methoxy groups -OCH3 is 2. The van der Waals surface area contributed by atoms with Gasteiger partial charge in [0.2, 0.25) is 5.91 Å². The van der Waals surface area contributed by atoms with Gasteiger partial charge in [-0.15, -0.1) is 0 Å². The summed E-state index contributed by atoms with van der Waals surface area (Å²) in [5.41, 5.74) is 2.77. The monoisotopic (exact) mass is 397 g/mol. The van der Waals surface area contributed by atoms with Crippen molar-refractivity contribution < 1.29 is 19.1 Å². The van der Waals surface area contributed by atoms with Gasteiger partial charge in [0.1, 0.15) is 11.8 Å². The van der Waals surface area contributed by atoms with Crippen LogP contribution in [0.3, 0.4) is 0 Å². The first kappa shape index (κ1) is 20.7. The van der Waals surface area contributed by atoms with Gasteiger partial charge in [0.15, 0.2) is 0 Å². The first-order valence-corrected chi connectivity index (χ1v) is 9.71. The number of ether oxygens (including phenoxy) is 2. The van der Waals surface area contributed by atoms with Crippen molar-refractivity contribution >= 4 is 17.6 Å². The van der Waals surface area contributed by atoms with Crippen LogP contribution in [0.2, 0.25) is 0 Å². The fourth-order valence-corrected chi connectivity index (χ4v) is 3.42. The predicted molar refractivity (Wildman–Crippen MR) is 112 cm³/mol. The van der Waals surface area contributed by atoms with Gasteiger partial charge in [-0.25, -0.2) is 4.79 Å². The third-order valence-corrected chi connectivity index (χ3v) is 4.95. The van der Waals surface area contributed by atoms with Crippen LogP contribution in [0.5, 0.6) is 5.75 Å². The molecule has 2 aromatic carbocycles. The van der Waals surface area contributed by atoms with Crippen LogP contribution in [0.4, 0.5) is 10.5 Å². The van der Waals surface area contributed by atoms with Crippen LogP contribution in [0, 0.1) is 0 Å². The lowest BCUT2D eigenvalue weighted by Gasteiger charge is -2.24. The maximum atomic E-state index is 12.7. The van der Waals surface area contributed by atoms with Crippen LogP contribution < -0.4 is 15.4 Å². The second kappa shape index (κ2) is 9.93. The molecule has 1 aliphatic rings. The van der Waals surface area contributed by atoms with Crippen molar-refractivity contribution in [2.24, 2.45) is 0 Å². The molecular weight excluding hydrogens is 370 g/mol. The van der Waals surface area contributed by atoms with E-state index in [4.69, 9.17) is 9.47 Å². The maximum Gasteiger partial charge on any atom is 0.318 e. The fourth-order valence-electron chi connectivity index (χ4n) is 3.42. The number of carbonyl (C=O) groups is 2. The van der Waals surface area contributed by atoms with Crippen molar-refractivity contribution in [3.8, 4) is 16.9 Å². The molecule has 0 aliphatic carbocycles. The molecule has 0 saturated carbocycles. The van der Waals surface area contributed by atoms with Gasteiger partial charge in [0.05, 0.1) is 13.7 Å². The zero-order valence-corrected chi connectivity index (χ0v) is 16.8. The molecule has 1 fully saturated rings. The molecule has 3 amide bonds. The molecule has 0 bridgehead atoms. The molecule has 2 aromatic rings. The molecule has 0 spiro atoms. The smallest absolute Gasteiger partial charge is 0.318 e. The molecule has 1 heterocycles. The Morgan fingerprint density at radius 2 is 1.90 bits per heavy atom. The van der Waals surface area contributed by atoms with Crippen molar-refractivity contribution in [1.82, 2.24) is 10.2 Å². The number of amides is 3. The van der Waals surface area contributed by atoms with Crippen LogP contribution in [-0.4, -0.2) is 56.8 Å². The number of anilines is 1. The molecule has 29 heavy (non-hydrogen) atoms. The highest BCUT2D eigenvalue weighted by molar-refractivity contribution is 5.97. The molecule has 0 radical (unpaired) electrons. The summed E-state index contributed by atoms with van der Waals surface area (Å²) in [5.74, 6) is 0.628. The van der Waals surface area contributed by atoms with E-state index < -0.39 is 6.04 Å². The van der Waals surface area contributed by atoms with E-state index in [9.17, 15) is 9.59 Å². The van der Waals surface area contributed by atoms with Crippen LogP contribution in [0.15, 0.2) is 48.5 Å². The number of hydrogen-bond acceptors (Lipinski definition) is 4. The van der Waals surface area contributed by atoms with E-state index in [1.165, 1.54) is 0 Å². The number of benzene rings is 2. The number of carbonyl (C=O) groups excluding carboxylic acids is 2. The third-order valence-electron chi connectivity index (χ3n) is 4.95. The number of nitrogens with zero attached hydrogens (tertiary/aromatic N) is 1. The van der Waals surface area contributed by atoms with Crippen molar-refractivity contribution in [3.63, 3.8) is 0 Å². The van der Waals surface area contributed by atoms with Crippen LogP contribution in [0.1, 0.15) is 12.8 Å². The summed E-state index contributed by atoms with van der Waals surface area (Å²) in [7, 11) is 3.22. The van der Waals surface area contributed by atoms with Gasteiger partial charge in [0, 0.05) is 25.9 Å². The molecule has 0 aromatic heterocycles. The second-order valence-electron chi connectivity index (χ2n) is 6.87. The average molecular weight is 397 g/mol. The van der Waals surface area contributed by atoms with Crippen LogP contribution in [0.25, 0.3) is 11.1 Å². The minimum Gasteiger partial charge on any atom is -0.497 e. The lowest BCUT2D eigenvalue weighted by Crippen LogP contribution is -2.48. The van der Waals surface area contributed by atoms with Gasteiger partial charge in [-0.1, -0.05) is 24.3 Å². The van der Waals surface area contributed by atoms with Crippen LogP contribution >= 0.6 is 0 Å². The summed E-state index contributed by atoms with van der Waals surface area (Å²) in [6.07, 6.45) is 1.47. The van der Waals surface area contributed by atoms with E-state index >= 15 is 0 Å². The zero-order valence-electron chi connectivity index (χ0n) is 16.8. The molecule has 2 N–H and O–H groups in total. The summed E-state index contributed by atoms with van der Waals surface area (Å²) < 4.78 is 10.2. The van der Waals surface area contributed by atoms with Crippen molar-refractivity contribution in [3.05, 3.63) is 48.5 Å². The highest BCUT2D eigenvalue weighted by Crippen LogP contribution is 2.25. The molecule has 154 valence electrons. The Labute approximate surface area is 171 Å². The Morgan fingerprint density at radius 1 is 1.10 bits per heavy atom. The Morgan fingerprint density at radius 3 is 2.62 bits per heavy atom. The van der Waals surface area contributed by atoms with Gasteiger partial charge < -0.3 is 25.0 Å². The summed E-state index contributed by atoms with van der Waals surface area (Å²) in [4.78, 5) is 26.6. The van der Waals surface area contributed by atoms with E-state index in [1.54, 1.807) is 19.1 Å². The summed E-state index contributed by atoms with van der Waals surface area (Å²) in [5, 5.41) is 5.71. The van der Waals surface area contributed by atoms with Crippen molar-refractivity contribution in [2.75, 3.05) is 39.2 Å². The fraction of sp³-hybridized carbons (Fsp3) is 0.364. The van der Waals surface area contributed by atoms with E-state index in [1.807, 2.05) is 48.5 Å². The van der Waals surface area contributed by atoms with Gasteiger partial charge >= 0.3 is 6.03 Å². The van der Waals surface area contributed by atoms with E-state index in [0.29, 0.717) is 31.8 Å². The van der Waals surface area contributed by atoms with Crippen molar-refractivity contribution in [2.45, 2.75) is 18.9 Å². The first-order valence-electron chi connectivity index (χ1n) is 9.71. The minimum absolute atomic E-state index is 0.168. The topological polar surface area (TPSA) is 79.9 Å². The molecule has 7 nitrogen and oxygen atoms in total. The molecule has 7 heteroatoms. The standard InChI is InChI=1S/C22H27N3O4/c1-28-14-12-23-22(27)25-13-4-7-20(25)21(26)24-18-10-8-16(9-11-18)17-5-3-6-19(15-17)29-2/h3,5-6,8-11,15,20H,4,7,12-14H2,1-2H3,(H,23,27)(H,24,26)/t20-/m0/s1. The minimum atomic E-state index is -0.462. The molecule has 1 atom stereocenters. The van der Waals surface area contributed by atoms with Crippen molar-refractivity contribution in [1.29, 1.82) is 0 Å². The van der Waals surface area contributed by atoms with E-state index in [-0.39, 0.29) is 11.9 Å². The van der Waals surface area contributed by atoms with Gasteiger partial charge in [-0.3, -0.25) is 4.79 Å². The summed E-state index contributed by atoms with van der Waals surface area (Å²) in [6.45, 7) is 1.44. The van der Waals surface area contributed by atoms with Crippen LogP contribution in [-0.2, 0) is 9.53 Å². The molecular formula is C22H27N3O4. The Balaban J connectivity index is 1.61. The Bertz CT molecular complexity index is 838. The second-order valence-corrected chi connectivity index (χ2v) is 6.87. The Hall–Kier alpha value is -3.06. The highest BCUT2D eigenvalue weighted by atomic mass is 16.5. The summed E-state index contributed by atoms with van der Waals surface area (Å²) in [6, 6.07) is 14.8. The van der Waals surface area contributed by atoms with Gasteiger partial charge in [-0.2, -0.15) is 0 Å². The quantitative estimate of drug-likeness (QED) is 0.704.